The van der Waals surface area contributed by atoms with Gasteiger partial charge in [-0.15, -0.1) is 11.3 Å². The van der Waals surface area contributed by atoms with Crippen LogP contribution in [0.25, 0.3) is 0 Å². The number of carbonyl (C=O) groups excluding carboxylic acids is 1. The van der Waals surface area contributed by atoms with Crippen LogP contribution in [0.3, 0.4) is 0 Å². The Kier molecular flexibility index (Phi) is 7.06. The highest BCUT2D eigenvalue weighted by Gasteiger charge is 2.25. The Morgan fingerprint density at radius 2 is 1.69 bits per heavy atom. The minimum absolute atomic E-state index is 0.149. The summed E-state index contributed by atoms with van der Waals surface area (Å²) in [7, 11) is -7.18. The molecule has 1 aliphatic rings. The van der Waals surface area contributed by atoms with Gasteiger partial charge in [0.2, 0.25) is 15.9 Å². The lowest BCUT2D eigenvalue weighted by molar-refractivity contribution is -0.120. The first kappa shape index (κ1) is 21.9. The van der Waals surface area contributed by atoms with Gasteiger partial charge < -0.3 is 5.32 Å². The molecule has 1 amide bonds. The Morgan fingerprint density at radius 3 is 2.31 bits per heavy atom. The van der Waals surface area contributed by atoms with Gasteiger partial charge >= 0.3 is 0 Å². The molecule has 0 radical (unpaired) electrons. The second-order valence-electron chi connectivity index (χ2n) is 6.64. The molecule has 0 atom stereocenters. The number of nitrogens with one attached hydrogen (secondary N) is 2. The minimum Gasteiger partial charge on any atom is -0.351 e. The molecule has 29 heavy (non-hydrogen) atoms. The summed E-state index contributed by atoms with van der Waals surface area (Å²) in [6, 6.07) is 9.44. The lowest BCUT2D eigenvalue weighted by Crippen LogP contribution is -2.36. The van der Waals surface area contributed by atoms with Gasteiger partial charge in [0.05, 0.1) is 11.4 Å². The van der Waals surface area contributed by atoms with Crippen molar-refractivity contribution in [3.63, 3.8) is 0 Å². The van der Waals surface area contributed by atoms with E-state index >= 15 is 0 Å². The molecule has 2 heterocycles. The van der Waals surface area contributed by atoms with Gasteiger partial charge in [-0.2, -0.15) is 4.31 Å². The quantitative estimate of drug-likeness (QED) is 0.624. The van der Waals surface area contributed by atoms with Crippen molar-refractivity contribution in [3.05, 3.63) is 47.3 Å². The summed E-state index contributed by atoms with van der Waals surface area (Å²) in [5, 5.41) is 4.26. The zero-order valence-electron chi connectivity index (χ0n) is 15.7. The molecule has 11 heteroatoms. The van der Waals surface area contributed by atoms with E-state index in [9.17, 15) is 21.6 Å². The summed E-state index contributed by atoms with van der Waals surface area (Å²) in [5.74, 6) is -0.477. The van der Waals surface area contributed by atoms with Gasteiger partial charge in [-0.3, -0.25) is 4.79 Å². The monoisotopic (exact) mass is 457 g/mol. The Bertz CT molecular complexity index is 1030. The highest BCUT2D eigenvalue weighted by atomic mass is 32.2. The molecule has 1 aliphatic heterocycles. The molecule has 0 aliphatic carbocycles. The molecule has 1 saturated heterocycles. The maximum Gasteiger partial charge on any atom is 0.250 e. The number of amides is 1. The summed E-state index contributed by atoms with van der Waals surface area (Å²) in [5.41, 5.74) is 0.719. The number of nitrogens with zero attached hydrogens (tertiary/aromatic N) is 1. The number of rotatable bonds is 8. The largest absolute Gasteiger partial charge is 0.351 e. The smallest absolute Gasteiger partial charge is 0.250 e. The second-order valence-corrected chi connectivity index (χ2v) is 11.5. The summed E-state index contributed by atoms with van der Waals surface area (Å²) >= 11 is 1.07. The van der Waals surface area contributed by atoms with Crippen LogP contribution in [0.5, 0.6) is 0 Å². The van der Waals surface area contributed by atoms with Crippen molar-refractivity contribution in [2.24, 2.45) is 0 Å². The first-order valence-electron chi connectivity index (χ1n) is 9.18. The van der Waals surface area contributed by atoms with E-state index in [-0.39, 0.29) is 22.2 Å². The number of hydrogen-bond acceptors (Lipinski definition) is 6. The lowest BCUT2D eigenvalue weighted by Gasteiger charge is -2.25. The summed E-state index contributed by atoms with van der Waals surface area (Å²) in [6.07, 6.45) is 2.80. The second kappa shape index (κ2) is 9.35. The van der Waals surface area contributed by atoms with Crippen molar-refractivity contribution in [1.82, 2.24) is 14.3 Å². The molecule has 1 aromatic heterocycles. The van der Waals surface area contributed by atoms with Crippen molar-refractivity contribution < 1.29 is 21.6 Å². The van der Waals surface area contributed by atoms with Crippen molar-refractivity contribution in [3.8, 4) is 0 Å². The standard InChI is InChI=1S/C18H23N3O5S3/c22-17(14-20-28(23,24)18-5-4-12-27-18)19-13-15-6-8-16(9-7-15)29(25,26)21-10-2-1-3-11-21/h4-9,12,20H,1-3,10-11,13-14H2,(H,19,22). The summed E-state index contributed by atoms with van der Waals surface area (Å²) < 4.78 is 53.2. The molecule has 0 unspecified atom stereocenters. The number of hydrogen-bond donors (Lipinski definition) is 2. The van der Waals surface area contributed by atoms with Crippen LogP contribution >= 0.6 is 11.3 Å². The molecule has 158 valence electrons. The predicted octanol–water partition coefficient (Wildman–Crippen LogP) is 1.52. The molecule has 3 rings (SSSR count). The molecule has 8 nitrogen and oxygen atoms in total. The van der Waals surface area contributed by atoms with Gasteiger partial charge in [0.15, 0.2) is 0 Å². The summed E-state index contributed by atoms with van der Waals surface area (Å²) in [4.78, 5) is 12.2. The van der Waals surface area contributed by atoms with Gasteiger partial charge in [0.25, 0.3) is 10.0 Å². The first-order chi connectivity index (χ1) is 13.8. The van der Waals surface area contributed by atoms with Crippen LogP contribution in [0.2, 0.25) is 0 Å². The highest BCUT2D eigenvalue weighted by Crippen LogP contribution is 2.21. The molecule has 0 spiro atoms. The van der Waals surface area contributed by atoms with Crippen molar-refractivity contribution in [2.45, 2.75) is 34.9 Å². The van der Waals surface area contributed by atoms with Crippen LogP contribution in [0.15, 0.2) is 50.9 Å². The Balaban J connectivity index is 1.51. The maximum atomic E-state index is 12.6. The molecule has 1 aromatic carbocycles. The van der Waals surface area contributed by atoms with Gasteiger partial charge in [0, 0.05) is 19.6 Å². The Labute approximate surface area is 175 Å². The fourth-order valence-electron chi connectivity index (χ4n) is 2.94. The zero-order chi connectivity index (χ0) is 20.9. The fourth-order valence-corrected chi connectivity index (χ4v) is 6.48. The maximum absolute atomic E-state index is 12.6. The molecule has 2 aromatic rings. The van der Waals surface area contributed by atoms with Gasteiger partial charge in [-0.25, -0.2) is 21.6 Å². The molecule has 0 bridgehead atoms. The Morgan fingerprint density at radius 1 is 1.00 bits per heavy atom. The van der Waals surface area contributed by atoms with Gasteiger partial charge in [-0.05, 0) is 42.0 Å². The third-order valence-electron chi connectivity index (χ3n) is 4.55. The van der Waals surface area contributed by atoms with Crippen molar-refractivity contribution in [1.29, 1.82) is 0 Å². The van der Waals surface area contributed by atoms with Crippen LogP contribution in [-0.4, -0.2) is 46.7 Å². The number of sulfonamides is 2. The number of piperidine rings is 1. The van der Waals surface area contributed by atoms with E-state index in [4.69, 9.17) is 0 Å². The third-order valence-corrected chi connectivity index (χ3v) is 9.26. The van der Waals surface area contributed by atoms with E-state index < -0.39 is 26.0 Å². The molecule has 1 fully saturated rings. The minimum atomic E-state index is -3.69. The van der Waals surface area contributed by atoms with Crippen molar-refractivity contribution in [2.75, 3.05) is 19.6 Å². The van der Waals surface area contributed by atoms with Crippen LogP contribution in [0.1, 0.15) is 24.8 Å². The van der Waals surface area contributed by atoms with E-state index in [0.717, 1.165) is 36.2 Å². The fraction of sp³-hybridized carbons (Fsp3) is 0.389. The van der Waals surface area contributed by atoms with Crippen molar-refractivity contribution >= 4 is 37.3 Å². The third kappa shape index (κ3) is 5.64. The SMILES string of the molecule is O=C(CNS(=O)(=O)c1cccs1)NCc1ccc(S(=O)(=O)N2CCCCC2)cc1. The predicted molar refractivity (Wildman–Crippen MR) is 110 cm³/mol. The zero-order valence-corrected chi connectivity index (χ0v) is 18.2. The Hall–Kier alpha value is -1.79. The average Bonchev–Trinajstić information content (AvgIpc) is 3.28. The first-order valence-corrected chi connectivity index (χ1v) is 13.0. The van der Waals surface area contributed by atoms with Crippen LogP contribution < -0.4 is 10.0 Å². The van der Waals surface area contributed by atoms with Crippen LogP contribution in [-0.2, 0) is 31.4 Å². The average molecular weight is 458 g/mol. The molecule has 0 saturated carbocycles. The molecular weight excluding hydrogens is 434 g/mol. The number of thiophene rings is 1. The van der Waals surface area contributed by atoms with E-state index in [0.29, 0.717) is 13.1 Å². The molecular formula is C18H23N3O5S3. The van der Waals surface area contributed by atoms with E-state index in [1.54, 1.807) is 23.6 Å². The lowest BCUT2D eigenvalue weighted by atomic mass is 10.2. The summed E-state index contributed by atoms with van der Waals surface area (Å²) in [6.45, 7) is 0.883. The van der Waals surface area contributed by atoms with Crippen LogP contribution in [0.4, 0.5) is 0 Å². The number of benzene rings is 1. The van der Waals surface area contributed by atoms with E-state index in [1.165, 1.54) is 22.5 Å². The molecule has 2 N–H and O–H groups in total. The highest BCUT2D eigenvalue weighted by molar-refractivity contribution is 7.91. The normalized spacial score (nSPS) is 15.9. The van der Waals surface area contributed by atoms with Crippen LogP contribution in [0, 0.1) is 0 Å². The van der Waals surface area contributed by atoms with E-state index in [2.05, 4.69) is 10.0 Å². The number of carbonyl (C=O) groups is 1. The van der Waals surface area contributed by atoms with Gasteiger partial charge in [-0.1, -0.05) is 24.6 Å². The van der Waals surface area contributed by atoms with Gasteiger partial charge in [0.1, 0.15) is 4.21 Å². The van der Waals surface area contributed by atoms with E-state index in [1.807, 2.05) is 0 Å². The topological polar surface area (TPSA) is 113 Å².